The van der Waals surface area contributed by atoms with Crippen LogP contribution >= 0.6 is 0 Å². The molecule has 0 amide bonds. The second-order valence-electron chi connectivity index (χ2n) is 5.78. The summed E-state index contributed by atoms with van der Waals surface area (Å²) < 4.78 is 5.52. The summed E-state index contributed by atoms with van der Waals surface area (Å²) in [6, 6.07) is 23.4. The van der Waals surface area contributed by atoms with Gasteiger partial charge in [-0.25, -0.2) is 0 Å². The first kappa shape index (κ1) is 15.6. The van der Waals surface area contributed by atoms with Gasteiger partial charge in [-0.2, -0.15) is 0 Å². The lowest BCUT2D eigenvalue weighted by molar-refractivity contribution is 0.340. The van der Waals surface area contributed by atoms with Crippen LogP contribution in [0.1, 0.15) is 24.0 Å². The molecule has 2 heteroatoms. The molecule has 0 radical (unpaired) electrons. The standard InChI is InChI=1S/C21H23NO/c1-2-23-20-12-10-16(11-13-20)19(15-22)14-18-8-5-7-17-6-3-4-9-21(17)18/h3-13,19H,2,14-15,22H2,1H3. The molecular formula is C21H23NO. The van der Waals surface area contributed by atoms with Crippen molar-refractivity contribution in [3.63, 3.8) is 0 Å². The van der Waals surface area contributed by atoms with Gasteiger partial charge in [0.05, 0.1) is 6.61 Å². The third-order valence-electron chi connectivity index (χ3n) is 4.29. The van der Waals surface area contributed by atoms with E-state index in [1.165, 1.54) is 21.9 Å². The quantitative estimate of drug-likeness (QED) is 0.726. The van der Waals surface area contributed by atoms with E-state index in [-0.39, 0.29) is 0 Å². The highest BCUT2D eigenvalue weighted by molar-refractivity contribution is 5.85. The Hall–Kier alpha value is -2.32. The lowest BCUT2D eigenvalue weighted by atomic mass is 9.90. The van der Waals surface area contributed by atoms with Gasteiger partial charge in [0.1, 0.15) is 5.75 Å². The van der Waals surface area contributed by atoms with Crippen molar-refractivity contribution in [2.75, 3.05) is 13.2 Å². The third-order valence-corrected chi connectivity index (χ3v) is 4.29. The molecule has 3 rings (SSSR count). The molecule has 0 aliphatic carbocycles. The first-order chi connectivity index (χ1) is 11.3. The van der Waals surface area contributed by atoms with Gasteiger partial charge < -0.3 is 10.5 Å². The minimum absolute atomic E-state index is 0.316. The molecule has 1 atom stereocenters. The van der Waals surface area contributed by atoms with Gasteiger partial charge in [0.2, 0.25) is 0 Å². The Kier molecular flexibility index (Phi) is 4.94. The van der Waals surface area contributed by atoms with Crippen molar-refractivity contribution in [2.45, 2.75) is 19.3 Å². The summed E-state index contributed by atoms with van der Waals surface area (Å²) in [4.78, 5) is 0. The average Bonchev–Trinajstić information content (AvgIpc) is 2.61. The second-order valence-corrected chi connectivity index (χ2v) is 5.78. The molecule has 0 fully saturated rings. The fourth-order valence-electron chi connectivity index (χ4n) is 3.08. The molecular weight excluding hydrogens is 282 g/mol. The van der Waals surface area contributed by atoms with Crippen LogP contribution in [0.15, 0.2) is 66.7 Å². The molecule has 0 aliphatic rings. The monoisotopic (exact) mass is 305 g/mol. The van der Waals surface area contributed by atoms with E-state index in [0.29, 0.717) is 19.1 Å². The Bertz CT molecular complexity index is 759. The van der Waals surface area contributed by atoms with Gasteiger partial charge >= 0.3 is 0 Å². The van der Waals surface area contributed by atoms with Crippen LogP contribution in [0.2, 0.25) is 0 Å². The van der Waals surface area contributed by atoms with Crippen LogP contribution in [-0.4, -0.2) is 13.2 Å². The smallest absolute Gasteiger partial charge is 0.119 e. The van der Waals surface area contributed by atoms with Crippen LogP contribution in [0.25, 0.3) is 10.8 Å². The SMILES string of the molecule is CCOc1ccc(C(CN)Cc2cccc3ccccc23)cc1. The molecule has 0 spiro atoms. The second kappa shape index (κ2) is 7.30. The number of fused-ring (bicyclic) bond motifs is 1. The summed E-state index contributed by atoms with van der Waals surface area (Å²) in [5.41, 5.74) is 8.68. The summed E-state index contributed by atoms with van der Waals surface area (Å²) in [7, 11) is 0. The first-order valence-corrected chi connectivity index (χ1v) is 8.21. The molecule has 2 nitrogen and oxygen atoms in total. The van der Waals surface area contributed by atoms with Crippen molar-refractivity contribution in [3.05, 3.63) is 77.9 Å². The molecule has 2 N–H and O–H groups in total. The molecule has 0 aliphatic heterocycles. The van der Waals surface area contributed by atoms with Crippen molar-refractivity contribution in [3.8, 4) is 5.75 Å². The number of nitrogens with two attached hydrogens (primary N) is 1. The van der Waals surface area contributed by atoms with Gasteiger partial charge in [-0.15, -0.1) is 0 Å². The maximum Gasteiger partial charge on any atom is 0.119 e. The Morgan fingerprint density at radius 2 is 1.65 bits per heavy atom. The van der Waals surface area contributed by atoms with Crippen LogP contribution in [0, 0.1) is 0 Å². The van der Waals surface area contributed by atoms with E-state index in [4.69, 9.17) is 10.5 Å². The summed E-state index contributed by atoms with van der Waals surface area (Å²) in [6.07, 6.45) is 0.950. The van der Waals surface area contributed by atoms with E-state index in [1.807, 2.05) is 19.1 Å². The van der Waals surface area contributed by atoms with Gasteiger partial charge in [0, 0.05) is 5.92 Å². The van der Waals surface area contributed by atoms with Crippen molar-refractivity contribution in [2.24, 2.45) is 5.73 Å². The van der Waals surface area contributed by atoms with Crippen LogP contribution < -0.4 is 10.5 Å². The predicted molar refractivity (Wildman–Crippen MR) is 97.1 cm³/mol. The fraction of sp³-hybridized carbons (Fsp3) is 0.238. The van der Waals surface area contributed by atoms with Gasteiger partial charge in [-0.1, -0.05) is 54.6 Å². The molecule has 0 heterocycles. The molecule has 0 saturated heterocycles. The number of benzene rings is 3. The minimum atomic E-state index is 0.316. The van der Waals surface area contributed by atoms with Gasteiger partial charge in [0.15, 0.2) is 0 Å². The van der Waals surface area contributed by atoms with Gasteiger partial charge in [0.25, 0.3) is 0 Å². The van der Waals surface area contributed by atoms with E-state index in [1.54, 1.807) is 0 Å². The van der Waals surface area contributed by atoms with Crippen LogP contribution in [0.5, 0.6) is 5.75 Å². The normalized spacial score (nSPS) is 12.3. The Labute approximate surface area is 137 Å². The zero-order valence-electron chi connectivity index (χ0n) is 13.5. The fourth-order valence-corrected chi connectivity index (χ4v) is 3.08. The van der Waals surface area contributed by atoms with E-state index in [9.17, 15) is 0 Å². The lowest BCUT2D eigenvalue weighted by Gasteiger charge is -2.17. The van der Waals surface area contributed by atoms with Crippen LogP contribution in [-0.2, 0) is 6.42 Å². The van der Waals surface area contributed by atoms with Crippen LogP contribution in [0.3, 0.4) is 0 Å². The highest BCUT2D eigenvalue weighted by atomic mass is 16.5. The summed E-state index contributed by atoms with van der Waals surface area (Å²) in [6.45, 7) is 3.32. The number of hydrogen-bond donors (Lipinski definition) is 1. The first-order valence-electron chi connectivity index (χ1n) is 8.21. The van der Waals surface area contributed by atoms with Crippen molar-refractivity contribution in [1.29, 1.82) is 0 Å². The van der Waals surface area contributed by atoms with E-state index in [0.717, 1.165) is 12.2 Å². The van der Waals surface area contributed by atoms with Crippen molar-refractivity contribution in [1.82, 2.24) is 0 Å². The molecule has 1 unspecified atom stereocenters. The van der Waals surface area contributed by atoms with E-state index in [2.05, 4.69) is 54.6 Å². The molecule has 0 bridgehead atoms. The molecule has 0 aromatic heterocycles. The average molecular weight is 305 g/mol. The highest BCUT2D eigenvalue weighted by Gasteiger charge is 2.12. The Morgan fingerprint density at radius 3 is 2.39 bits per heavy atom. The van der Waals surface area contributed by atoms with E-state index >= 15 is 0 Å². The maximum atomic E-state index is 6.06. The van der Waals surface area contributed by atoms with Crippen LogP contribution in [0.4, 0.5) is 0 Å². The lowest BCUT2D eigenvalue weighted by Crippen LogP contribution is -2.15. The van der Waals surface area contributed by atoms with E-state index < -0.39 is 0 Å². The molecule has 23 heavy (non-hydrogen) atoms. The largest absolute Gasteiger partial charge is 0.494 e. The molecule has 3 aromatic rings. The predicted octanol–water partition coefficient (Wildman–Crippen LogP) is 4.52. The summed E-state index contributed by atoms with van der Waals surface area (Å²) in [5.74, 6) is 1.23. The molecule has 118 valence electrons. The summed E-state index contributed by atoms with van der Waals surface area (Å²) in [5, 5.41) is 2.60. The highest BCUT2D eigenvalue weighted by Crippen LogP contribution is 2.26. The molecule has 0 saturated carbocycles. The number of ether oxygens (including phenoxy) is 1. The van der Waals surface area contributed by atoms with Crippen molar-refractivity contribution < 1.29 is 4.74 Å². The topological polar surface area (TPSA) is 35.2 Å². The molecule has 3 aromatic carbocycles. The van der Waals surface area contributed by atoms with Crippen molar-refractivity contribution >= 4 is 10.8 Å². The Morgan fingerprint density at radius 1 is 0.913 bits per heavy atom. The zero-order chi connectivity index (χ0) is 16.1. The third kappa shape index (κ3) is 3.54. The number of hydrogen-bond acceptors (Lipinski definition) is 2. The van der Waals surface area contributed by atoms with Gasteiger partial charge in [-0.3, -0.25) is 0 Å². The Balaban J connectivity index is 1.86. The summed E-state index contributed by atoms with van der Waals surface area (Å²) >= 11 is 0. The minimum Gasteiger partial charge on any atom is -0.494 e. The van der Waals surface area contributed by atoms with Gasteiger partial charge in [-0.05, 0) is 53.9 Å². The maximum absolute atomic E-state index is 6.06. The number of rotatable bonds is 6. The zero-order valence-corrected chi connectivity index (χ0v) is 13.5.